The molecule has 2 rings (SSSR count). The number of fused-ring (bicyclic) bond motifs is 1. The maximum absolute atomic E-state index is 12.4. The fourth-order valence-corrected chi connectivity index (χ4v) is 2.87. The van der Waals surface area contributed by atoms with E-state index in [4.69, 9.17) is 19.7 Å². The van der Waals surface area contributed by atoms with E-state index in [1.54, 1.807) is 0 Å². The molecule has 2 aliphatic rings. The number of halogens is 3. The van der Waals surface area contributed by atoms with Crippen LogP contribution in [0.3, 0.4) is 0 Å². The Labute approximate surface area is 133 Å². The van der Waals surface area contributed by atoms with Crippen LogP contribution >= 0.6 is 0 Å². The molecular weight excluding hydrogens is 363 g/mol. The van der Waals surface area contributed by atoms with Crippen molar-refractivity contribution in [2.75, 3.05) is 13.2 Å². The van der Waals surface area contributed by atoms with Gasteiger partial charge in [0.1, 0.15) is 18.8 Å². The van der Waals surface area contributed by atoms with Gasteiger partial charge in [-0.05, 0) is 19.4 Å². The smallest absolute Gasteiger partial charge is 0.457 e. The summed E-state index contributed by atoms with van der Waals surface area (Å²) >= 11 is 0. The van der Waals surface area contributed by atoms with Gasteiger partial charge in [0, 0.05) is 4.91 Å². The number of nitrogens with zero attached hydrogens (tertiary/aromatic N) is 3. The zero-order chi connectivity index (χ0) is 18.4. The van der Waals surface area contributed by atoms with Gasteiger partial charge in [-0.3, -0.25) is 4.18 Å². The van der Waals surface area contributed by atoms with Crippen LogP contribution in [-0.4, -0.2) is 56.6 Å². The monoisotopic (exact) mass is 375 g/mol. The summed E-state index contributed by atoms with van der Waals surface area (Å²) in [5.74, 6) is -2.60. The molecule has 0 unspecified atom stereocenters. The van der Waals surface area contributed by atoms with E-state index in [0.717, 1.165) is 0 Å². The second-order valence-electron chi connectivity index (χ2n) is 5.45. The maximum atomic E-state index is 12.4. The molecule has 3 atom stereocenters. The molecule has 0 aromatic rings. The van der Waals surface area contributed by atoms with Crippen LogP contribution in [0.25, 0.3) is 10.4 Å². The number of hydrogen-bond acceptors (Lipinski definition) is 8. The predicted molar refractivity (Wildman–Crippen MR) is 67.6 cm³/mol. The highest BCUT2D eigenvalue weighted by Gasteiger charge is 2.68. The first-order chi connectivity index (χ1) is 10.8. The summed E-state index contributed by atoms with van der Waals surface area (Å²) in [5, 5.41) is 3.20. The highest BCUT2D eigenvalue weighted by atomic mass is 32.2. The van der Waals surface area contributed by atoms with Gasteiger partial charge in [-0.2, -0.15) is 21.6 Å². The lowest BCUT2D eigenvalue weighted by atomic mass is 9.97. The Morgan fingerprint density at radius 2 is 2.04 bits per heavy atom. The van der Waals surface area contributed by atoms with Gasteiger partial charge in [-0.25, -0.2) is 4.79 Å². The van der Waals surface area contributed by atoms with Crippen molar-refractivity contribution in [3.8, 4) is 0 Å². The fourth-order valence-electron chi connectivity index (χ4n) is 2.41. The maximum Gasteiger partial charge on any atom is 0.523 e. The molecule has 0 amide bonds. The molecule has 0 aromatic heterocycles. The van der Waals surface area contributed by atoms with E-state index < -0.39 is 51.8 Å². The number of rotatable bonds is 5. The number of alkyl halides is 3. The number of carbonyl (C=O) groups is 1. The van der Waals surface area contributed by atoms with E-state index in [1.807, 2.05) is 0 Å². The van der Waals surface area contributed by atoms with Crippen molar-refractivity contribution in [3.05, 3.63) is 10.4 Å². The Morgan fingerprint density at radius 3 is 2.58 bits per heavy atom. The van der Waals surface area contributed by atoms with Crippen molar-refractivity contribution in [1.82, 2.24) is 0 Å². The second-order valence-corrected chi connectivity index (χ2v) is 7.06. The molecule has 0 spiro atoms. The molecule has 0 saturated carbocycles. The van der Waals surface area contributed by atoms with Crippen LogP contribution < -0.4 is 0 Å². The summed E-state index contributed by atoms with van der Waals surface area (Å²) in [6.07, 6.45) is -2.47. The zero-order valence-corrected chi connectivity index (χ0v) is 13.1. The topological polar surface area (TPSA) is 137 Å². The molecule has 2 fully saturated rings. The molecule has 136 valence electrons. The van der Waals surface area contributed by atoms with Crippen LogP contribution in [0.4, 0.5) is 13.2 Å². The molecule has 2 aliphatic heterocycles. The van der Waals surface area contributed by atoms with Gasteiger partial charge in [0.05, 0.1) is 6.54 Å². The average molecular weight is 375 g/mol. The average Bonchev–Trinajstić information content (AvgIpc) is 2.84. The zero-order valence-electron chi connectivity index (χ0n) is 12.3. The summed E-state index contributed by atoms with van der Waals surface area (Å²) < 4.78 is 78.8. The van der Waals surface area contributed by atoms with Crippen molar-refractivity contribution in [2.45, 2.75) is 43.0 Å². The van der Waals surface area contributed by atoms with Crippen LogP contribution in [0.15, 0.2) is 5.11 Å². The molecule has 2 heterocycles. The molecule has 0 aromatic carbocycles. The Kier molecular flexibility index (Phi) is 4.48. The number of hydrogen-bond donors (Lipinski definition) is 0. The van der Waals surface area contributed by atoms with Crippen LogP contribution in [0.2, 0.25) is 0 Å². The van der Waals surface area contributed by atoms with Gasteiger partial charge in [0.2, 0.25) is 5.60 Å². The van der Waals surface area contributed by atoms with Crippen molar-refractivity contribution >= 4 is 16.1 Å². The SMILES string of the molecule is CC1(C)O[C@@H]2[C@H](CN=[N+]=[N-])OC(=O)[C@]2(COS(=O)(=O)C(F)(F)F)O1. The quantitative estimate of drug-likeness (QED) is 0.174. The van der Waals surface area contributed by atoms with Gasteiger partial charge in [0.25, 0.3) is 0 Å². The van der Waals surface area contributed by atoms with E-state index >= 15 is 0 Å². The molecule has 24 heavy (non-hydrogen) atoms. The lowest BCUT2D eigenvalue weighted by molar-refractivity contribution is -0.201. The largest absolute Gasteiger partial charge is 0.523 e. The van der Waals surface area contributed by atoms with Gasteiger partial charge in [-0.15, -0.1) is 0 Å². The molecule has 0 bridgehead atoms. The minimum atomic E-state index is -5.95. The third-order valence-corrected chi connectivity index (χ3v) is 4.27. The fraction of sp³-hybridized carbons (Fsp3) is 0.900. The summed E-state index contributed by atoms with van der Waals surface area (Å²) in [5.41, 5.74) is 0.426. The van der Waals surface area contributed by atoms with Crippen LogP contribution in [0.5, 0.6) is 0 Å². The van der Waals surface area contributed by atoms with Crippen LogP contribution in [0.1, 0.15) is 13.8 Å². The Balaban J connectivity index is 2.30. The Morgan fingerprint density at radius 1 is 1.42 bits per heavy atom. The van der Waals surface area contributed by atoms with Crippen LogP contribution in [-0.2, 0) is 33.3 Å². The number of carbonyl (C=O) groups excluding carboxylic acids is 1. The van der Waals surface area contributed by atoms with Crippen molar-refractivity contribution in [3.63, 3.8) is 0 Å². The number of esters is 1. The summed E-state index contributed by atoms with van der Waals surface area (Å²) in [6, 6.07) is 0. The van der Waals surface area contributed by atoms with Gasteiger partial charge >= 0.3 is 21.6 Å². The highest BCUT2D eigenvalue weighted by Crippen LogP contribution is 2.45. The third-order valence-electron chi connectivity index (χ3n) is 3.28. The minimum Gasteiger partial charge on any atom is -0.457 e. The molecule has 0 N–H and O–H groups in total. The van der Waals surface area contributed by atoms with Crippen molar-refractivity contribution < 1.29 is 44.8 Å². The summed E-state index contributed by atoms with van der Waals surface area (Å²) in [4.78, 5) is 14.6. The summed E-state index contributed by atoms with van der Waals surface area (Å²) in [7, 11) is -5.95. The molecule has 0 radical (unpaired) electrons. The lowest BCUT2D eigenvalue weighted by Crippen LogP contribution is -2.50. The number of ether oxygens (including phenoxy) is 3. The van der Waals surface area contributed by atoms with Crippen molar-refractivity contribution in [1.29, 1.82) is 0 Å². The highest BCUT2D eigenvalue weighted by molar-refractivity contribution is 7.87. The second kappa shape index (κ2) is 5.74. The first kappa shape index (κ1) is 18.7. The normalized spacial score (nSPS) is 32.1. The van der Waals surface area contributed by atoms with Crippen molar-refractivity contribution in [2.24, 2.45) is 5.11 Å². The van der Waals surface area contributed by atoms with Gasteiger partial charge in [0.15, 0.2) is 5.79 Å². The minimum absolute atomic E-state index is 0.375. The van der Waals surface area contributed by atoms with Crippen LogP contribution in [0, 0.1) is 0 Å². The number of cyclic esters (lactones) is 1. The Bertz CT molecular complexity index is 688. The van der Waals surface area contributed by atoms with E-state index in [0.29, 0.717) is 0 Å². The Hall–Kier alpha value is -1.60. The van der Waals surface area contributed by atoms with E-state index in [9.17, 15) is 26.4 Å². The molecular formula is C10H12F3N3O7S. The third kappa shape index (κ3) is 3.15. The molecule has 2 saturated heterocycles. The standard InChI is InChI=1S/C10H12F3N3O7S/c1-8(2)22-6-5(3-15-16-14)21-7(17)9(6,23-8)4-20-24(18,19)10(11,12)13/h5-6H,3-4H2,1-2H3/t5-,6+,9+/m0/s1. The van der Waals surface area contributed by atoms with E-state index in [2.05, 4.69) is 14.2 Å². The molecule has 10 nitrogen and oxygen atoms in total. The van der Waals surface area contributed by atoms with Gasteiger partial charge < -0.3 is 14.2 Å². The molecule has 14 heteroatoms. The van der Waals surface area contributed by atoms with E-state index in [-0.39, 0.29) is 6.54 Å². The molecule has 0 aliphatic carbocycles. The first-order valence-electron chi connectivity index (χ1n) is 6.40. The lowest BCUT2D eigenvalue weighted by Gasteiger charge is -2.24. The predicted octanol–water partition coefficient (Wildman–Crippen LogP) is 0.979. The summed E-state index contributed by atoms with van der Waals surface area (Å²) in [6.45, 7) is 1.06. The first-order valence-corrected chi connectivity index (χ1v) is 7.81. The van der Waals surface area contributed by atoms with Gasteiger partial charge in [-0.1, -0.05) is 5.11 Å². The van der Waals surface area contributed by atoms with E-state index in [1.165, 1.54) is 13.8 Å². The number of azide groups is 1.